The molecule has 0 saturated carbocycles. The maximum absolute atomic E-state index is 12.3. The summed E-state index contributed by atoms with van der Waals surface area (Å²) in [5, 5.41) is 19.7. The Morgan fingerprint density at radius 3 is 2.39 bits per heavy atom. The van der Waals surface area contributed by atoms with E-state index in [0.717, 1.165) is 0 Å². The van der Waals surface area contributed by atoms with Gasteiger partial charge in [-0.2, -0.15) is 0 Å². The van der Waals surface area contributed by atoms with E-state index in [-0.39, 0.29) is 39.4 Å². The number of ether oxygens (including phenoxy) is 2. The minimum Gasteiger partial charge on any atom is -0.507 e. The molecule has 6 nitrogen and oxygen atoms in total. The Labute approximate surface area is 131 Å². The number of benzene rings is 2. The summed E-state index contributed by atoms with van der Waals surface area (Å²) in [5.41, 5.74) is 0.319. The van der Waals surface area contributed by atoms with E-state index in [4.69, 9.17) is 13.9 Å². The van der Waals surface area contributed by atoms with Crippen molar-refractivity contribution >= 4 is 11.0 Å². The van der Waals surface area contributed by atoms with E-state index in [1.807, 2.05) is 0 Å². The fourth-order valence-electron chi connectivity index (χ4n) is 2.40. The first-order valence-corrected chi connectivity index (χ1v) is 6.76. The van der Waals surface area contributed by atoms with Crippen molar-refractivity contribution in [2.45, 2.75) is 0 Å². The van der Waals surface area contributed by atoms with Crippen molar-refractivity contribution in [3.8, 4) is 34.3 Å². The van der Waals surface area contributed by atoms with Crippen LogP contribution in [0.5, 0.6) is 23.0 Å². The molecule has 0 saturated heterocycles. The normalized spacial score (nSPS) is 10.7. The summed E-state index contributed by atoms with van der Waals surface area (Å²) in [5.74, 6) is 0.556. The Morgan fingerprint density at radius 1 is 0.957 bits per heavy atom. The molecule has 3 aromatic rings. The molecule has 6 heteroatoms. The third kappa shape index (κ3) is 2.44. The zero-order chi connectivity index (χ0) is 16.6. The molecule has 118 valence electrons. The van der Waals surface area contributed by atoms with Crippen molar-refractivity contribution in [3.05, 3.63) is 46.6 Å². The summed E-state index contributed by atoms with van der Waals surface area (Å²) in [4.78, 5) is 12.3. The van der Waals surface area contributed by atoms with Crippen LogP contribution < -0.4 is 14.9 Å². The molecule has 1 heterocycles. The highest BCUT2D eigenvalue weighted by Gasteiger charge is 2.16. The van der Waals surface area contributed by atoms with Crippen LogP contribution in [0.25, 0.3) is 22.3 Å². The smallest absolute Gasteiger partial charge is 0.197 e. The first-order valence-electron chi connectivity index (χ1n) is 6.76. The van der Waals surface area contributed by atoms with E-state index in [1.54, 1.807) is 12.1 Å². The summed E-state index contributed by atoms with van der Waals surface area (Å²) in [7, 11) is 2.86. The number of fused-ring (bicyclic) bond motifs is 1. The van der Waals surface area contributed by atoms with Crippen LogP contribution in [0.2, 0.25) is 0 Å². The molecule has 1 aromatic heterocycles. The lowest BCUT2D eigenvalue weighted by Gasteiger charge is -2.12. The maximum atomic E-state index is 12.3. The Morgan fingerprint density at radius 2 is 1.70 bits per heavy atom. The highest BCUT2D eigenvalue weighted by molar-refractivity contribution is 5.85. The molecule has 2 N–H and O–H groups in total. The van der Waals surface area contributed by atoms with Crippen molar-refractivity contribution in [2.75, 3.05) is 14.2 Å². The van der Waals surface area contributed by atoms with Gasteiger partial charge in [-0.05, 0) is 18.2 Å². The van der Waals surface area contributed by atoms with E-state index in [1.165, 1.54) is 38.5 Å². The molecule has 0 atom stereocenters. The van der Waals surface area contributed by atoms with Crippen molar-refractivity contribution < 1.29 is 24.1 Å². The van der Waals surface area contributed by atoms with Crippen molar-refractivity contribution in [3.63, 3.8) is 0 Å². The number of rotatable bonds is 3. The molecule has 23 heavy (non-hydrogen) atoms. The fraction of sp³-hybridized carbons (Fsp3) is 0.118. The standard InChI is InChI=1S/C17H14O6/c1-21-14-7-11(19)16(22-2)6-9(14)15-8-12(20)17-10(18)4-3-5-13(17)23-15/h3-8,18-19H,1-2H3. The summed E-state index contributed by atoms with van der Waals surface area (Å²) in [6.07, 6.45) is 0. The van der Waals surface area contributed by atoms with E-state index < -0.39 is 0 Å². The van der Waals surface area contributed by atoms with Crippen LogP contribution in [-0.2, 0) is 0 Å². The lowest BCUT2D eigenvalue weighted by atomic mass is 10.1. The van der Waals surface area contributed by atoms with Crippen molar-refractivity contribution in [2.24, 2.45) is 0 Å². The molecule has 0 aliphatic carbocycles. The number of aromatic hydroxyl groups is 2. The largest absolute Gasteiger partial charge is 0.507 e. The fourth-order valence-corrected chi connectivity index (χ4v) is 2.40. The molecule has 0 radical (unpaired) electrons. The van der Waals surface area contributed by atoms with Gasteiger partial charge in [0.2, 0.25) is 0 Å². The van der Waals surface area contributed by atoms with Crippen LogP contribution in [-0.4, -0.2) is 24.4 Å². The zero-order valence-electron chi connectivity index (χ0n) is 12.5. The monoisotopic (exact) mass is 314 g/mol. The van der Waals surface area contributed by atoms with Gasteiger partial charge in [0.15, 0.2) is 16.9 Å². The number of hydrogen-bond acceptors (Lipinski definition) is 6. The molecule has 0 aliphatic rings. The van der Waals surface area contributed by atoms with E-state index in [0.29, 0.717) is 11.3 Å². The van der Waals surface area contributed by atoms with Gasteiger partial charge >= 0.3 is 0 Å². The van der Waals surface area contributed by atoms with Crippen LogP contribution in [0.3, 0.4) is 0 Å². The van der Waals surface area contributed by atoms with Gasteiger partial charge in [-0.15, -0.1) is 0 Å². The maximum Gasteiger partial charge on any atom is 0.197 e. The summed E-state index contributed by atoms with van der Waals surface area (Å²) >= 11 is 0. The second-order valence-corrected chi connectivity index (χ2v) is 4.85. The molecule has 2 aromatic carbocycles. The second kappa shape index (κ2) is 5.57. The minimum absolute atomic E-state index is 0.0890. The van der Waals surface area contributed by atoms with Gasteiger partial charge in [0.05, 0.1) is 19.8 Å². The first kappa shape index (κ1) is 14.8. The number of methoxy groups -OCH3 is 2. The van der Waals surface area contributed by atoms with Gasteiger partial charge in [-0.1, -0.05) is 6.07 Å². The van der Waals surface area contributed by atoms with E-state index in [9.17, 15) is 15.0 Å². The Balaban J connectivity index is 2.31. The number of phenolic OH excluding ortho intramolecular Hbond substituents is 2. The lowest BCUT2D eigenvalue weighted by Crippen LogP contribution is -2.01. The number of phenols is 2. The van der Waals surface area contributed by atoms with Gasteiger partial charge < -0.3 is 24.1 Å². The highest BCUT2D eigenvalue weighted by atomic mass is 16.5. The van der Waals surface area contributed by atoms with Crippen LogP contribution >= 0.6 is 0 Å². The van der Waals surface area contributed by atoms with Crippen LogP contribution in [0.15, 0.2) is 45.6 Å². The summed E-state index contributed by atoms with van der Waals surface area (Å²) < 4.78 is 16.0. The van der Waals surface area contributed by atoms with Gasteiger partial charge in [0, 0.05) is 12.1 Å². The third-order valence-electron chi connectivity index (χ3n) is 3.50. The zero-order valence-corrected chi connectivity index (χ0v) is 12.5. The Bertz CT molecular complexity index is 942. The van der Waals surface area contributed by atoms with Crippen LogP contribution in [0.1, 0.15) is 0 Å². The lowest BCUT2D eigenvalue weighted by molar-refractivity contribution is 0.366. The molecule has 0 fully saturated rings. The molecule has 0 aliphatic heterocycles. The minimum atomic E-state index is -0.381. The Kier molecular flexibility index (Phi) is 3.57. The summed E-state index contributed by atoms with van der Waals surface area (Å²) in [6, 6.07) is 8.74. The van der Waals surface area contributed by atoms with Gasteiger partial charge in [0.25, 0.3) is 0 Å². The predicted molar refractivity (Wildman–Crippen MR) is 84.4 cm³/mol. The van der Waals surface area contributed by atoms with Crippen LogP contribution in [0.4, 0.5) is 0 Å². The average Bonchev–Trinajstić information content (AvgIpc) is 2.54. The van der Waals surface area contributed by atoms with Gasteiger partial charge in [-0.3, -0.25) is 4.79 Å². The van der Waals surface area contributed by atoms with Crippen LogP contribution in [0, 0.1) is 0 Å². The second-order valence-electron chi connectivity index (χ2n) is 4.85. The SMILES string of the molecule is COc1cc(-c2cc(=O)c3c(O)cccc3o2)c(OC)cc1O. The molecule has 3 rings (SSSR count). The summed E-state index contributed by atoms with van der Waals surface area (Å²) in [6.45, 7) is 0. The van der Waals surface area contributed by atoms with E-state index >= 15 is 0 Å². The molecule has 0 bridgehead atoms. The predicted octanol–water partition coefficient (Wildman–Crippen LogP) is 2.89. The topological polar surface area (TPSA) is 89.1 Å². The highest BCUT2D eigenvalue weighted by Crippen LogP contribution is 2.40. The molecular weight excluding hydrogens is 300 g/mol. The van der Waals surface area contributed by atoms with E-state index in [2.05, 4.69) is 0 Å². The van der Waals surface area contributed by atoms with Crippen molar-refractivity contribution in [1.29, 1.82) is 0 Å². The third-order valence-corrected chi connectivity index (χ3v) is 3.50. The van der Waals surface area contributed by atoms with Crippen molar-refractivity contribution in [1.82, 2.24) is 0 Å². The quantitative estimate of drug-likeness (QED) is 0.772. The molecule has 0 spiro atoms. The molecular formula is C17H14O6. The molecule has 0 amide bonds. The average molecular weight is 314 g/mol. The first-order chi connectivity index (χ1) is 11.0. The van der Waals surface area contributed by atoms with Gasteiger partial charge in [-0.25, -0.2) is 0 Å². The molecule has 0 unspecified atom stereocenters. The van der Waals surface area contributed by atoms with Gasteiger partial charge in [0.1, 0.15) is 28.2 Å². The number of hydrogen-bond donors (Lipinski definition) is 2. The Hall–Kier alpha value is -3.15.